The fourth-order valence-electron chi connectivity index (χ4n) is 3.66. The van der Waals surface area contributed by atoms with E-state index < -0.39 is 0 Å². The first-order valence-electron chi connectivity index (χ1n) is 8.24. The first-order valence-corrected chi connectivity index (χ1v) is 8.24. The molecular weight excluding hydrogens is 236 g/mol. The summed E-state index contributed by atoms with van der Waals surface area (Å²) in [5.74, 6) is 1.72. The Bertz CT molecular complexity index is 286. The van der Waals surface area contributed by atoms with Crippen molar-refractivity contribution in [2.24, 2.45) is 17.6 Å². The van der Waals surface area contributed by atoms with E-state index in [0.717, 1.165) is 31.8 Å². The number of nitrogens with zero attached hydrogens (tertiary/aromatic N) is 1. The largest absolute Gasteiger partial charge is 0.341 e. The fourth-order valence-corrected chi connectivity index (χ4v) is 3.66. The summed E-state index contributed by atoms with van der Waals surface area (Å²) in [6.07, 6.45) is 10.7. The molecule has 0 radical (unpaired) electrons. The maximum absolute atomic E-state index is 12.2. The molecule has 2 unspecified atom stereocenters. The van der Waals surface area contributed by atoms with E-state index in [2.05, 4.69) is 11.8 Å². The molecule has 0 aromatic heterocycles. The highest BCUT2D eigenvalue weighted by molar-refractivity contribution is 5.76. The first-order chi connectivity index (χ1) is 9.20. The average Bonchev–Trinajstić information content (AvgIpc) is 2.62. The lowest BCUT2D eigenvalue weighted by atomic mass is 9.84. The minimum absolute atomic E-state index is 0.197. The van der Waals surface area contributed by atoms with Crippen LogP contribution in [0.4, 0.5) is 0 Å². The molecular formula is C16H30N2O. The molecule has 1 amide bonds. The molecule has 2 N–H and O–H groups in total. The van der Waals surface area contributed by atoms with Crippen molar-refractivity contribution in [3.63, 3.8) is 0 Å². The highest BCUT2D eigenvalue weighted by Gasteiger charge is 2.26. The normalized spacial score (nSPS) is 28.2. The molecule has 1 saturated carbocycles. The van der Waals surface area contributed by atoms with Gasteiger partial charge in [0.25, 0.3) is 0 Å². The lowest BCUT2D eigenvalue weighted by Crippen LogP contribution is -2.45. The Balaban J connectivity index is 1.84. The molecule has 2 atom stereocenters. The van der Waals surface area contributed by atoms with E-state index in [0.29, 0.717) is 11.8 Å². The quantitative estimate of drug-likeness (QED) is 0.850. The molecule has 1 heterocycles. The number of carbonyl (C=O) groups excluding carboxylic acids is 1. The van der Waals surface area contributed by atoms with Crippen LogP contribution < -0.4 is 5.73 Å². The van der Waals surface area contributed by atoms with Gasteiger partial charge in [-0.2, -0.15) is 0 Å². The van der Waals surface area contributed by atoms with Gasteiger partial charge in [0.05, 0.1) is 0 Å². The van der Waals surface area contributed by atoms with Gasteiger partial charge in [-0.25, -0.2) is 0 Å². The molecule has 0 aromatic carbocycles. The Kier molecular flexibility index (Phi) is 5.68. The van der Waals surface area contributed by atoms with Crippen molar-refractivity contribution in [3.05, 3.63) is 0 Å². The Morgan fingerprint density at radius 2 is 1.95 bits per heavy atom. The maximum atomic E-state index is 12.2. The topological polar surface area (TPSA) is 46.3 Å². The van der Waals surface area contributed by atoms with Gasteiger partial charge in [-0.1, -0.05) is 32.6 Å². The summed E-state index contributed by atoms with van der Waals surface area (Å²) in [5, 5.41) is 0. The molecule has 0 aromatic rings. The average molecular weight is 266 g/mol. The van der Waals surface area contributed by atoms with Gasteiger partial charge in [0.1, 0.15) is 0 Å². The van der Waals surface area contributed by atoms with Crippen LogP contribution in [0.1, 0.15) is 64.7 Å². The number of amides is 1. The van der Waals surface area contributed by atoms with Crippen molar-refractivity contribution < 1.29 is 4.79 Å². The first kappa shape index (κ1) is 14.8. The zero-order valence-corrected chi connectivity index (χ0v) is 12.4. The molecule has 1 aliphatic heterocycles. The predicted octanol–water partition coefficient (Wildman–Crippen LogP) is 2.93. The van der Waals surface area contributed by atoms with Gasteiger partial charge in [-0.15, -0.1) is 0 Å². The van der Waals surface area contributed by atoms with Crippen molar-refractivity contribution in [3.8, 4) is 0 Å². The molecule has 3 heteroatoms. The van der Waals surface area contributed by atoms with Crippen molar-refractivity contribution in [1.82, 2.24) is 4.90 Å². The third-order valence-electron chi connectivity index (χ3n) is 5.19. The van der Waals surface area contributed by atoms with E-state index in [9.17, 15) is 4.79 Å². The standard InChI is InChI=1S/C16H30N2O/c1-2-13-8-9-16(19)18(11-10-13)12-15(17)14-6-4-3-5-7-14/h13-15H,2-12,17H2,1H3. The molecule has 19 heavy (non-hydrogen) atoms. The van der Waals surface area contributed by atoms with Crippen molar-refractivity contribution >= 4 is 5.91 Å². The number of nitrogens with two attached hydrogens (primary N) is 1. The van der Waals surface area contributed by atoms with Gasteiger partial charge in [0.15, 0.2) is 0 Å². The molecule has 2 fully saturated rings. The highest BCUT2D eigenvalue weighted by atomic mass is 16.2. The Morgan fingerprint density at radius 1 is 1.21 bits per heavy atom. The lowest BCUT2D eigenvalue weighted by molar-refractivity contribution is -0.131. The molecule has 0 spiro atoms. The highest BCUT2D eigenvalue weighted by Crippen LogP contribution is 2.27. The van der Waals surface area contributed by atoms with Crippen LogP contribution in [0.25, 0.3) is 0 Å². The Labute approximate surface area is 117 Å². The number of hydrogen-bond donors (Lipinski definition) is 1. The van der Waals surface area contributed by atoms with E-state index in [4.69, 9.17) is 5.73 Å². The van der Waals surface area contributed by atoms with Crippen LogP contribution in [-0.4, -0.2) is 29.9 Å². The summed E-state index contributed by atoms with van der Waals surface area (Å²) < 4.78 is 0. The van der Waals surface area contributed by atoms with Crippen LogP contribution in [0, 0.1) is 11.8 Å². The SMILES string of the molecule is CCC1CCC(=O)N(CC(N)C2CCCCC2)CC1. The second-order valence-corrected chi connectivity index (χ2v) is 6.50. The summed E-state index contributed by atoms with van der Waals surface area (Å²) >= 11 is 0. The van der Waals surface area contributed by atoms with E-state index in [1.165, 1.54) is 44.9 Å². The van der Waals surface area contributed by atoms with Crippen LogP contribution in [-0.2, 0) is 4.79 Å². The van der Waals surface area contributed by atoms with Crippen LogP contribution >= 0.6 is 0 Å². The second kappa shape index (κ2) is 7.28. The third kappa shape index (κ3) is 4.20. The van der Waals surface area contributed by atoms with E-state index in [1.54, 1.807) is 0 Å². The summed E-state index contributed by atoms with van der Waals surface area (Å²) in [6.45, 7) is 3.95. The van der Waals surface area contributed by atoms with Gasteiger partial charge in [-0.05, 0) is 37.5 Å². The smallest absolute Gasteiger partial charge is 0.222 e. The van der Waals surface area contributed by atoms with Gasteiger partial charge >= 0.3 is 0 Å². The van der Waals surface area contributed by atoms with Gasteiger partial charge in [-0.3, -0.25) is 4.79 Å². The van der Waals surface area contributed by atoms with E-state index >= 15 is 0 Å². The number of carbonyl (C=O) groups is 1. The van der Waals surface area contributed by atoms with Crippen LogP contribution in [0.15, 0.2) is 0 Å². The zero-order chi connectivity index (χ0) is 13.7. The van der Waals surface area contributed by atoms with E-state index in [-0.39, 0.29) is 6.04 Å². The van der Waals surface area contributed by atoms with Gasteiger partial charge in [0.2, 0.25) is 5.91 Å². The zero-order valence-electron chi connectivity index (χ0n) is 12.4. The Morgan fingerprint density at radius 3 is 2.63 bits per heavy atom. The predicted molar refractivity (Wildman–Crippen MR) is 78.8 cm³/mol. The summed E-state index contributed by atoms with van der Waals surface area (Å²) in [4.78, 5) is 14.2. The van der Waals surface area contributed by atoms with Gasteiger partial charge < -0.3 is 10.6 Å². The molecule has 2 rings (SSSR count). The van der Waals surface area contributed by atoms with Crippen LogP contribution in [0.3, 0.4) is 0 Å². The summed E-state index contributed by atoms with van der Waals surface area (Å²) in [7, 11) is 0. The van der Waals surface area contributed by atoms with Gasteiger partial charge in [0, 0.05) is 25.6 Å². The molecule has 110 valence electrons. The Hall–Kier alpha value is -0.570. The third-order valence-corrected chi connectivity index (χ3v) is 5.19. The monoisotopic (exact) mass is 266 g/mol. The second-order valence-electron chi connectivity index (χ2n) is 6.50. The molecule has 1 aliphatic carbocycles. The maximum Gasteiger partial charge on any atom is 0.222 e. The van der Waals surface area contributed by atoms with Crippen LogP contribution in [0.2, 0.25) is 0 Å². The lowest BCUT2D eigenvalue weighted by Gasteiger charge is -2.32. The molecule has 2 aliphatic rings. The van der Waals surface area contributed by atoms with Crippen molar-refractivity contribution in [1.29, 1.82) is 0 Å². The molecule has 1 saturated heterocycles. The van der Waals surface area contributed by atoms with Crippen molar-refractivity contribution in [2.75, 3.05) is 13.1 Å². The summed E-state index contributed by atoms with van der Waals surface area (Å²) in [5.41, 5.74) is 6.37. The number of rotatable bonds is 4. The molecule has 3 nitrogen and oxygen atoms in total. The minimum atomic E-state index is 0.197. The summed E-state index contributed by atoms with van der Waals surface area (Å²) in [6, 6.07) is 0.197. The number of hydrogen-bond acceptors (Lipinski definition) is 2. The number of likely N-dealkylation sites (tertiary alicyclic amines) is 1. The fraction of sp³-hybridized carbons (Fsp3) is 0.938. The molecule has 0 bridgehead atoms. The van der Waals surface area contributed by atoms with E-state index in [1.807, 2.05) is 0 Å². The van der Waals surface area contributed by atoms with Crippen molar-refractivity contribution in [2.45, 2.75) is 70.8 Å². The van der Waals surface area contributed by atoms with Crippen LogP contribution in [0.5, 0.6) is 0 Å². The minimum Gasteiger partial charge on any atom is -0.341 e.